The summed E-state index contributed by atoms with van der Waals surface area (Å²) in [6, 6.07) is 13.5. The number of aryl methyl sites for hydroxylation is 1. The summed E-state index contributed by atoms with van der Waals surface area (Å²) in [4.78, 5) is 13.2. The summed E-state index contributed by atoms with van der Waals surface area (Å²) in [5.41, 5.74) is 4.33. The highest BCUT2D eigenvalue weighted by atomic mass is 16.5. The highest BCUT2D eigenvalue weighted by Gasteiger charge is 2.11. The largest absolute Gasteiger partial charge is 0.481 e. The Hall–Kier alpha value is -4.34. The summed E-state index contributed by atoms with van der Waals surface area (Å²) in [6.07, 6.45) is 5.13. The average molecular weight is 413 g/mol. The van der Waals surface area contributed by atoms with Crippen LogP contribution in [0.15, 0.2) is 61.1 Å². The van der Waals surface area contributed by atoms with Crippen LogP contribution in [-0.4, -0.2) is 46.8 Å². The van der Waals surface area contributed by atoms with E-state index in [-0.39, 0.29) is 0 Å². The van der Waals surface area contributed by atoms with E-state index < -0.39 is 0 Å². The van der Waals surface area contributed by atoms with Crippen molar-refractivity contribution < 1.29 is 4.74 Å². The van der Waals surface area contributed by atoms with Crippen molar-refractivity contribution in [2.45, 2.75) is 6.54 Å². The van der Waals surface area contributed by atoms with E-state index in [1.54, 1.807) is 30.4 Å². The Morgan fingerprint density at radius 1 is 1.03 bits per heavy atom. The Kier molecular flexibility index (Phi) is 4.71. The van der Waals surface area contributed by atoms with Crippen molar-refractivity contribution in [3.8, 4) is 17.1 Å². The summed E-state index contributed by atoms with van der Waals surface area (Å²) < 4.78 is 8.89. The standard InChI is InChI=1S/C21H19N9O/c1-29-19(8-11-24-29)26-21-23-10-7-16(25-21)14-5-6-18-17(12-14)27-28-30(18)13-15-4-3-9-22-20(15)31-2/h3-12H,13H2,1-2H3,(H,23,25,26). The molecule has 0 radical (unpaired) electrons. The lowest BCUT2D eigenvalue weighted by Gasteiger charge is -2.08. The number of hydrogen-bond donors (Lipinski definition) is 1. The molecule has 4 heterocycles. The van der Waals surface area contributed by atoms with E-state index in [4.69, 9.17) is 4.74 Å². The molecule has 5 aromatic rings. The molecule has 1 aromatic carbocycles. The van der Waals surface area contributed by atoms with Gasteiger partial charge in [-0.1, -0.05) is 17.3 Å². The van der Waals surface area contributed by atoms with Gasteiger partial charge in [0.1, 0.15) is 11.3 Å². The van der Waals surface area contributed by atoms with Gasteiger partial charge in [0.25, 0.3) is 0 Å². The number of aromatic nitrogens is 8. The quantitative estimate of drug-likeness (QED) is 0.453. The molecule has 0 saturated heterocycles. The number of pyridine rings is 1. The maximum atomic E-state index is 5.34. The number of hydrogen-bond acceptors (Lipinski definition) is 8. The molecule has 0 amide bonds. The van der Waals surface area contributed by atoms with E-state index in [1.807, 2.05) is 54.2 Å². The second-order valence-electron chi connectivity index (χ2n) is 6.85. The molecule has 0 aliphatic rings. The maximum absolute atomic E-state index is 5.34. The fraction of sp³-hybridized carbons (Fsp3) is 0.143. The van der Waals surface area contributed by atoms with Crippen LogP contribution in [0.25, 0.3) is 22.3 Å². The van der Waals surface area contributed by atoms with Crippen LogP contribution in [0.2, 0.25) is 0 Å². The third-order valence-electron chi connectivity index (χ3n) is 4.89. The van der Waals surface area contributed by atoms with Crippen LogP contribution in [0.4, 0.5) is 11.8 Å². The first-order chi connectivity index (χ1) is 15.2. The van der Waals surface area contributed by atoms with Gasteiger partial charge in [0, 0.05) is 36.6 Å². The summed E-state index contributed by atoms with van der Waals surface area (Å²) in [5, 5.41) is 15.9. The second-order valence-corrected chi connectivity index (χ2v) is 6.85. The predicted molar refractivity (Wildman–Crippen MR) is 115 cm³/mol. The van der Waals surface area contributed by atoms with Crippen LogP contribution in [0.5, 0.6) is 5.88 Å². The van der Waals surface area contributed by atoms with Gasteiger partial charge in [0.05, 0.1) is 31.1 Å². The summed E-state index contributed by atoms with van der Waals surface area (Å²) in [7, 11) is 3.46. The second kappa shape index (κ2) is 7.82. The van der Waals surface area contributed by atoms with Crippen LogP contribution in [0.3, 0.4) is 0 Å². The van der Waals surface area contributed by atoms with Crippen molar-refractivity contribution in [2.24, 2.45) is 7.05 Å². The van der Waals surface area contributed by atoms with Crippen molar-refractivity contribution in [1.82, 2.24) is 39.7 Å². The number of fused-ring (bicyclic) bond motifs is 1. The fourth-order valence-corrected chi connectivity index (χ4v) is 3.33. The summed E-state index contributed by atoms with van der Waals surface area (Å²) in [6.45, 7) is 0.513. The topological polar surface area (TPSA) is 108 Å². The number of rotatable bonds is 6. The molecule has 0 bridgehead atoms. The Bertz CT molecular complexity index is 1360. The first-order valence-corrected chi connectivity index (χ1v) is 9.61. The number of ether oxygens (including phenoxy) is 1. The Morgan fingerprint density at radius 3 is 2.81 bits per heavy atom. The van der Waals surface area contributed by atoms with Gasteiger partial charge in [-0.15, -0.1) is 5.10 Å². The molecule has 154 valence electrons. The molecule has 0 atom stereocenters. The molecule has 31 heavy (non-hydrogen) atoms. The van der Waals surface area contributed by atoms with Gasteiger partial charge in [-0.05, 0) is 24.3 Å². The molecule has 10 heteroatoms. The zero-order valence-corrected chi connectivity index (χ0v) is 17.0. The van der Waals surface area contributed by atoms with E-state index in [9.17, 15) is 0 Å². The van der Waals surface area contributed by atoms with Crippen LogP contribution in [0, 0.1) is 0 Å². The number of benzene rings is 1. The van der Waals surface area contributed by atoms with E-state index in [0.717, 1.165) is 33.7 Å². The lowest BCUT2D eigenvalue weighted by molar-refractivity contribution is 0.390. The van der Waals surface area contributed by atoms with Crippen LogP contribution < -0.4 is 10.1 Å². The first-order valence-electron chi connectivity index (χ1n) is 9.61. The Balaban J connectivity index is 1.43. The van der Waals surface area contributed by atoms with Crippen molar-refractivity contribution >= 4 is 22.8 Å². The Labute approximate surface area is 177 Å². The minimum absolute atomic E-state index is 0.494. The van der Waals surface area contributed by atoms with Gasteiger partial charge in [0.15, 0.2) is 0 Å². The number of nitrogens with one attached hydrogen (secondary N) is 1. The number of nitrogens with zero attached hydrogens (tertiary/aromatic N) is 8. The molecular weight excluding hydrogens is 394 g/mol. The molecule has 10 nitrogen and oxygen atoms in total. The van der Waals surface area contributed by atoms with Crippen molar-refractivity contribution in [2.75, 3.05) is 12.4 Å². The monoisotopic (exact) mass is 413 g/mol. The highest BCUT2D eigenvalue weighted by Crippen LogP contribution is 2.24. The van der Waals surface area contributed by atoms with E-state index in [1.165, 1.54) is 0 Å². The summed E-state index contributed by atoms with van der Waals surface area (Å²) >= 11 is 0. The fourth-order valence-electron chi connectivity index (χ4n) is 3.33. The number of methoxy groups -OCH3 is 1. The maximum Gasteiger partial charge on any atom is 0.228 e. The molecule has 4 aromatic heterocycles. The molecule has 0 spiro atoms. The molecule has 0 aliphatic carbocycles. The van der Waals surface area contributed by atoms with E-state index in [2.05, 4.69) is 35.7 Å². The van der Waals surface area contributed by atoms with E-state index >= 15 is 0 Å². The van der Waals surface area contributed by atoms with Gasteiger partial charge < -0.3 is 10.1 Å². The lowest BCUT2D eigenvalue weighted by Crippen LogP contribution is -2.04. The zero-order chi connectivity index (χ0) is 21.2. The smallest absolute Gasteiger partial charge is 0.228 e. The van der Waals surface area contributed by atoms with Crippen LogP contribution >= 0.6 is 0 Å². The highest BCUT2D eigenvalue weighted by molar-refractivity contribution is 5.80. The van der Waals surface area contributed by atoms with Gasteiger partial charge in [-0.2, -0.15) is 5.10 Å². The molecular formula is C21H19N9O. The SMILES string of the molecule is COc1ncccc1Cn1nnc2cc(-c3ccnc(Nc4ccnn4C)n3)ccc21. The molecule has 5 rings (SSSR count). The van der Waals surface area contributed by atoms with Gasteiger partial charge in [0.2, 0.25) is 11.8 Å². The summed E-state index contributed by atoms with van der Waals surface area (Å²) in [5.74, 6) is 1.88. The van der Waals surface area contributed by atoms with Crippen molar-refractivity contribution in [3.05, 3.63) is 66.6 Å². The zero-order valence-electron chi connectivity index (χ0n) is 17.0. The van der Waals surface area contributed by atoms with Crippen molar-refractivity contribution in [1.29, 1.82) is 0 Å². The minimum atomic E-state index is 0.494. The van der Waals surface area contributed by atoms with E-state index in [0.29, 0.717) is 18.4 Å². The van der Waals surface area contributed by atoms with Gasteiger partial charge in [-0.3, -0.25) is 4.68 Å². The molecule has 1 N–H and O–H groups in total. The molecule has 0 unspecified atom stereocenters. The van der Waals surface area contributed by atoms with Crippen LogP contribution in [-0.2, 0) is 13.6 Å². The molecule has 0 fully saturated rings. The number of anilines is 2. The first kappa shape index (κ1) is 18.7. The molecule has 0 saturated carbocycles. The minimum Gasteiger partial charge on any atom is -0.481 e. The van der Waals surface area contributed by atoms with Crippen molar-refractivity contribution in [3.63, 3.8) is 0 Å². The van der Waals surface area contributed by atoms with Gasteiger partial charge >= 0.3 is 0 Å². The Morgan fingerprint density at radius 2 is 1.97 bits per heavy atom. The third kappa shape index (κ3) is 3.66. The normalized spacial score (nSPS) is 11.0. The predicted octanol–water partition coefficient (Wildman–Crippen LogP) is 2.82. The average Bonchev–Trinajstić information content (AvgIpc) is 3.40. The van der Waals surface area contributed by atoms with Gasteiger partial charge in [-0.25, -0.2) is 19.6 Å². The van der Waals surface area contributed by atoms with Crippen LogP contribution in [0.1, 0.15) is 5.56 Å². The third-order valence-corrected chi connectivity index (χ3v) is 4.89. The molecule has 0 aliphatic heterocycles. The lowest BCUT2D eigenvalue weighted by atomic mass is 10.1.